The number of aromatic nitrogens is 1. The van der Waals surface area contributed by atoms with Gasteiger partial charge >= 0.3 is 12.1 Å². The molecule has 0 amide bonds. The fourth-order valence-electron chi connectivity index (χ4n) is 3.73. The van der Waals surface area contributed by atoms with Gasteiger partial charge in [-0.3, -0.25) is 4.79 Å². The molecule has 5 nitrogen and oxygen atoms in total. The second-order valence-electron chi connectivity index (χ2n) is 6.58. The van der Waals surface area contributed by atoms with Gasteiger partial charge in [-0.05, 0) is 42.8 Å². The molecule has 0 unspecified atom stereocenters. The van der Waals surface area contributed by atoms with E-state index in [2.05, 4.69) is 4.98 Å². The summed E-state index contributed by atoms with van der Waals surface area (Å²) in [7, 11) is 0. The number of carboxylic acids is 1. The van der Waals surface area contributed by atoms with Gasteiger partial charge in [-0.25, -0.2) is 4.98 Å². The van der Waals surface area contributed by atoms with Crippen LogP contribution in [-0.2, 0) is 11.0 Å². The molecule has 136 valence electrons. The first-order valence-corrected chi connectivity index (χ1v) is 8.24. The number of carbonyl (C=O) groups is 1. The molecule has 1 aromatic heterocycles. The Morgan fingerprint density at radius 3 is 2.54 bits per heavy atom. The lowest BCUT2D eigenvalue weighted by atomic mass is 10.0. The molecular weight excluding hydrogens is 347 g/mol. The maximum atomic E-state index is 12.8. The topological polar surface area (TPSA) is 56.7 Å². The molecule has 1 N–H and O–H groups in total. The molecule has 4 rings (SSSR count). The molecule has 0 saturated carbocycles. The predicted octanol–water partition coefficient (Wildman–Crippen LogP) is 3.53. The summed E-state index contributed by atoms with van der Waals surface area (Å²) in [6.45, 7) is 0.901. The number of benzene rings is 1. The third kappa shape index (κ3) is 2.75. The van der Waals surface area contributed by atoms with Crippen LogP contribution < -0.4 is 9.80 Å². The molecule has 0 aliphatic carbocycles. The fraction of sp³-hybridized carbons (Fsp3) is 0.333. The van der Waals surface area contributed by atoms with Crippen molar-refractivity contribution in [1.82, 2.24) is 4.98 Å². The van der Waals surface area contributed by atoms with Crippen LogP contribution in [0.4, 0.5) is 30.4 Å². The van der Waals surface area contributed by atoms with Crippen molar-refractivity contribution in [2.45, 2.75) is 18.6 Å². The van der Waals surface area contributed by atoms with E-state index in [0.29, 0.717) is 31.0 Å². The molecule has 1 fully saturated rings. The second kappa shape index (κ2) is 5.89. The largest absolute Gasteiger partial charge is 0.481 e. The number of fused-ring (bicyclic) bond motifs is 3. The summed E-state index contributed by atoms with van der Waals surface area (Å²) in [6.07, 6.45) is -2.25. The van der Waals surface area contributed by atoms with Crippen molar-refractivity contribution in [2.75, 3.05) is 22.9 Å². The van der Waals surface area contributed by atoms with Crippen LogP contribution in [0.3, 0.4) is 0 Å². The Bertz CT molecular complexity index is 838. The summed E-state index contributed by atoms with van der Waals surface area (Å²) in [4.78, 5) is 19.7. The molecule has 8 heteroatoms. The third-order valence-corrected chi connectivity index (χ3v) is 4.99. The lowest BCUT2D eigenvalue weighted by Crippen LogP contribution is -2.44. The molecule has 0 spiro atoms. The second-order valence-corrected chi connectivity index (χ2v) is 6.58. The average molecular weight is 363 g/mol. The Morgan fingerprint density at radius 2 is 1.88 bits per heavy atom. The van der Waals surface area contributed by atoms with E-state index < -0.39 is 23.6 Å². The van der Waals surface area contributed by atoms with Crippen LogP contribution in [0.25, 0.3) is 0 Å². The van der Waals surface area contributed by atoms with Crippen molar-refractivity contribution in [3.63, 3.8) is 0 Å². The molecule has 3 heterocycles. The Kier molecular flexibility index (Phi) is 3.78. The highest BCUT2D eigenvalue weighted by molar-refractivity contribution is 5.80. The Hall–Kier alpha value is -2.77. The summed E-state index contributed by atoms with van der Waals surface area (Å²) in [6, 6.07) is 8.59. The van der Waals surface area contributed by atoms with Crippen molar-refractivity contribution >= 4 is 23.2 Å². The molecular formula is C18H16F3N3O2. The van der Waals surface area contributed by atoms with Crippen LogP contribution in [0.1, 0.15) is 12.0 Å². The summed E-state index contributed by atoms with van der Waals surface area (Å²) in [5.41, 5.74) is 0.707. The first-order chi connectivity index (χ1) is 12.3. The zero-order valence-electron chi connectivity index (χ0n) is 13.6. The molecule has 2 aromatic rings. The minimum atomic E-state index is -4.38. The van der Waals surface area contributed by atoms with E-state index in [1.807, 2.05) is 15.9 Å². The molecule has 1 aromatic carbocycles. The van der Waals surface area contributed by atoms with Gasteiger partial charge in [-0.15, -0.1) is 0 Å². The zero-order valence-corrected chi connectivity index (χ0v) is 13.6. The number of halogens is 3. The molecule has 26 heavy (non-hydrogen) atoms. The number of pyridine rings is 1. The summed E-state index contributed by atoms with van der Waals surface area (Å²) in [5, 5.41) is 9.33. The van der Waals surface area contributed by atoms with Gasteiger partial charge in [0.2, 0.25) is 0 Å². The Morgan fingerprint density at radius 1 is 1.15 bits per heavy atom. The zero-order chi connectivity index (χ0) is 18.5. The van der Waals surface area contributed by atoms with E-state index in [0.717, 1.165) is 17.8 Å². The van der Waals surface area contributed by atoms with E-state index in [1.54, 1.807) is 12.3 Å². The molecule has 0 radical (unpaired) electrons. The minimum absolute atomic E-state index is 0.0409. The standard InChI is InChI=1S/C18H16F3N3O2/c19-18(20,21)12-3-5-13(6-4-12)23-10-14-8-11(17(25)26)9-24(14)16-15(23)2-1-7-22-16/h1-7,11,14H,8-10H2,(H,25,26)/t11-,14+/m0/s1. The van der Waals surface area contributed by atoms with Crippen molar-refractivity contribution in [2.24, 2.45) is 5.92 Å². The summed E-state index contributed by atoms with van der Waals surface area (Å²) >= 11 is 0. The number of carboxylic acid groups (broad SMARTS) is 1. The normalized spacial score (nSPS) is 22.1. The average Bonchev–Trinajstić information content (AvgIpc) is 3.05. The quantitative estimate of drug-likeness (QED) is 0.885. The number of aliphatic carboxylic acids is 1. The van der Waals surface area contributed by atoms with Gasteiger partial charge in [0.05, 0.1) is 17.2 Å². The van der Waals surface area contributed by atoms with Crippen LogP contribution in [0.15, 0.2) is 42.6 Å². The number of anilines is 3. The van der Waals surface area contributed by atoms with Crippen LogP contribution in [0.2, 0.25) is 0 Å². The van der Waals surface area contributed by atoms with Crippen LogP contribution in [0.5, 0.6) is 0 Å². The highest BCUT2D eigenvalue weighted by Crippen LogP contribution is 2.43. The third-order valence-electron chi connectivity index (χ3n) is 4.99. The molecule has 2 atom stereocenters. The molecule has 1 saturated heterocycles. The fourth-order valence-corrected chi connectivity index (χ4v) is 3.73. The molecule has 0 bridgehead atoms. The monoisotopic (exact) mass is 363 g/mol. The van der Waals surface area contributed by atoms with Gasteiger partial charge < -0.3 is 14.9 Å². The molecule has 2 aliphatic rings. The van der Waals surface area contributed by atoms with Crippen LogP contribution in [-0.4, -0.2) is 35.2 Å². The van der Waals surface area contributed by atoms with Gasteiger partial charge in [0.15, 0.2) is 5.82 Å². The van der Waals surface area contributed by atoms with Gasteiger partial charge in [0.25, 0.3) is 0 Å². The SMILES string of the molecule is O=C(O)[C@H]1C[C@@H]2CN(c3ccc(C(F)(F)F)cc3)c3cccnc3N2C1. The highest BCUT2D eigenvalue weighted by atomic mass is 19.4. The maximum Gasteiger partial charge on any atom is 0.416 e. The number of nitrogens with zero attached hydrogens (tertiary/aromatic N) is 3. The van der Waals surface area contributed by atoms with Gasteiger partial charge in [-0.2, -0.15) is 13.2 Å². The minimum Gasteiger partial charge on any atom is -0.481 e. The van der Waals surface area contributed by atoms with E-state index in [1.165, 1.54) is 12.1 Å². The number of hydrogen-bond acceptors (Lipinski definition) is 4. The van der Waals surface area contributed by atoms with E-state index in [9.17, 15) is 23.1 Å². The smallest absolute Gasteiger partial charge is 0.416 e. The van der Waals surface area contributed by atoms with Gasteiger partial charge in [0.1, 0.15) is 0 Å². The van der Waals surface area contributed by atoms with Crippen LogP contribution >= 0.6 is 0 Å². The van der Waals surface area contributed by atoms with Crippen molar-refractivity contribution in [3.8, 4) is 0 Å². The van der Waals surface area contributed by atoms with Gasteiger partial charge in [-0.1, -0.05) is 0 Å². The van der Waals surface area contributed by atoms with E-state index in [-0.39, 0.29) is 6.04 Å². The van der Waals surface area contributed by atoms with Crippen molar-refractivity contribution in [1.29, 1.82) is 0 Å². The van der Waals surface area contributed by atoms with Crippen molar-refractivity contribution in [3.05, 3.63) is 48.2 Å². The molecule has 2 aliphatic heterocycles. The Labute approximate surface area is 147 Å². The predicted molar refractivity (Wildman–Crippen MR) is 89.6 cm³/mol. The Balaban J connectivity index is 1.70. The number of alkyl halides is 3. The van der Waals surface area contributed by atoms with E-state index in [4.69, 9.17) is 0 Å². The van der Waals surface area contributed by atoms with Gasteiger partial charge in [0, 0.05) is 31.0 Å². The number of rotatable bonds is 2. The first kappa shape index (κ1) is 16.7. The lowest BCUT2D eigenvalue weighted by Gasteiger charge is -2.40. The maximum absolute atomic E-state index is 12.8. The van der Waals surface area contributed by atoms with E-state index >= 15 is 0 Å². The highest BCUT2D eigenvalue weighted by Gasteiger charge is 2.42. The van der Waals surface area contributed by atoms with Crippen LogP contribution in [0, 0.1) is 5.92 Å². The number of hydrogen-bond donors (Lipinski definition) is 1. The van der Waals surface area contributed by atoms with Crippen molar-refractivity contribution < 1.29 is 23.1 Å². The summed E-state index contributed by atoms with van der Waals surface area (Å²) in [5.74, 6) is -0.632. The lowest BCUT2D eigenvalue weighted by molar-refractivity contribution is -0.141. The first-order valence-electron chi connectivity index (χ1n) is 8.24. The summed E-state index contributed by atoms with van der Waals surface area (Å²) < 4.78 is 38.4.